The number of rotatable bonds is 3. The molecular weight excluding hydrogens is 387 g/mol. The molecule has 0 unspecified atom stereocenters. The molecule has 1 aromatic rings. The van der Waals surface area contributed by atoms with Crippen LogP contribution in [-0.4, -0.2) is 20.5 Å². The smallest absolute Gasteiger partial charge is 0.341 e. The van der Waals surface area contributed by atoms with E-state index in [1.54, 1.807) is 0 Å². The first-order chi connectivity index (χ1) is 9.79. The van der Waals surface area contributed by atoms with E-state index in [4.69, 9.17) is 15.4 Å². The van der Waals surface area contributed by atoms with Gasteiger partial charge in [-0.3, -0.25) is 0 Å². The summed E-state index contributed by atoms with van der Waals surface area (Å²) in [6.45, 7) is 0. The second kappa shape index (κ2) is 6.62. The van der Waals surface area contributed by atoms with E-state index >= 15 is 0 Å². The quantitative estimate of drug-likeness (QED) is 0.569. The summed E-state index contributed by atoms with van der Waals surface area (Å²) >= 11 is 2.91. The summed E-state index contributed by atoms with van der Waals surface area (Å²) < 4.78 is 41.8. The van der Waals surface area contributed by atoms with Crippen LogP contribution in [0.4, 0.5) is 4.39 Å². The van der Waals surface area contributed by atoms with Crippen molar-refractivity contribution in [1.82, 2.24) is 0 Å². The predicted molar refractivity (Wildman–Crippen MR) is 79.4 cm³/mol. The fourth-order valence-electron chi connectivity index (χ4n) is 2.27. The molecule has 2 rings (SSSR count). The topological polar surface area (TPSA) is 60.4 Å². The van der Waals surface area contributed by atoms with E-state index in [0.29, 0.717) is 0 Å². The predicted octanol–water partition coefficient (Wildman–Crippen LogP) is 4.01. The highest BCUT2D eigenvalue weighted by Gasteiger charge is 2.25. The monoisotopic (exact) mass is 398 g/mol. The zero-order valence-electron chi connectivity index (χ0n) is 10.9. The van der Waals surface area contributed by atoms with E-state index in [2.05, 4.69) is 15.9 Å². The third-order valence-electron chi connectivity index (χ3n) is 3.33. The number of hydrogen-bond acceptors (Lipinski definition) is 4. The summed E-state index contributed by atoms with van der Waals surface area (Å²) in [5.41, 5.74) is -0.428. The van der Waals surface area contributed by atoms with Gasteiger partial charge in [-0.15, -0.1) is 0 Å². The third-order valence-corrected chi connectivity index (χ3v) is 5.61. The maximum absolute atomic E-state index is 13.9. The van der Waals surface area contributed by atoms with Crippen LogP contribution in [0.5, 0.6) is 0 Å². The molecule has 0 N–H and O–H groups in total. The zero-order valence-corrected chi connectivity index (χ0v) is 14.1. The molecule has 0 atom stereocenters. The van der Waals surface area contributed by atoms with Crippen LogP contribution < -0.4 is 0 Å². The lowest BCUT2D eigenvalue weighted by Crippen LogP contribution is -2.21. The second-order valence-electron chi connectivity index (χ2n) is 4.87. The van der Waals surface area contributed by atoms with Gasteiger partial charge in [-0.1, -0.05) is 6.42 Å². The summed E-state index contributed by atoms with van der Waals surface area (Å²) in [5.74, 6) is -1.72. The van der Waals surface area contributed by atoms with Crippen molar-refractivity contribution in [3.8, 4) is 0 Å². The molecule has 116 valence electrons. The van der Waals surface area contributed by atoms with Gasteiger partial charge in [0.05, 0.1) is 10.5 Å². The minimum absolute atomic E-state index is 0.0378. The van der Waals surface area contributed by atoms with Gasteiger partial charge < -0.3 is 4.74 Å². The van der Waals surface area contributed by atoms with E-state index in [-0.39, 0.29) is 15.5 Å². The Balaban J connectivity index is 2.28. The molecule has 4 nitrogen and oxygen atoms in total. The molecule has 1 aromatic carbocycles. The standard InChI is InChI=1S/C13H13BrClFO4S/c14-10-7-11(16)9(6-12(10)21(15,18)19)13(17)20-8-4-2-1-3-5-8/h6-8H,1-5H2. The molecule has 1 saturated carbocycles. The number of carbonyl (C=O) groups is 1. The maximum Gasteiger partial charge on any atom is 0.341 e. The molecule has 21 heavy (non-hydrogen) atoms. The van der Waals surface area contributed by atoms with Gasteiger partial charge in [-0.2, -0.15) is 0 Å². The maximum atomic E-state index is 13.9. The Morgan fingerprint density at radius 1 is 1.29 bits per heavy atom. The zero-order chi connectivity index (χ0) is 15.6. The fourth-order valence-corrected chi connectivity index (χ4v) is 4.44. The van der Waals surface area contributed by atoms with Crippen molar-refractivity contribution >= 4 is 41.6 Å². The molecule has 0 heterocycles. The molecule has 8 heteroatoms. The van der Waals surface area contributed by atoms with Gasteiger partial charge in [0.15, 0.2) is 0 Å². The Morgan fingerprint density at radius 2 is 1.90 bits per heavy atom. The molecule has 0 bridgehead atoms. The number of esters is 1. The Bertz CT molecular complexity index is 656. The Kier molecular flexibility index (Phi) is 5.27. The minimum atomic E-state index is -4.09. The van der Waals surface area contributed by atoms with Crippen LogP contribution in [0.1, 0.15) is 42.5 Å². The molecular formula is C13H13BrClFO4S. The molecule has 1 aliphatic rings. The van der Waals surface area contributed by atoms with Crippen LogP contribution in [0.3, 0.4) is 0 Å². The summed E-state index contributed by atoms with van der Waals surface area (Å²) in [7, 11) is 1.16. The van der Waals surface area contributed by atoms with E-state index in [1.807, 2.05) is 0 Å². The van der Waals surface area contributed by atoms with E-state index < -0.39 is 26.4 Å². The first-order valence-electron chi connectivity index (χ1n) is 6.43. The van der Waals surface area contributed by atoms with Crippen molar-refractivity contribution in [3.05, 3.63) is 28.0 Å². The number of ether oxygens (including phenoxy) is 1. The molecule has 0 amide bonds. The molecule has 0 spiro atoms. The van der Waals surface area contributed by atoms with Crippen LogP contribution in [0.15, 0.2) is 21.5 Å². The van der Waals surface area contributed by atoms with Gasteiger partial charge in [0.1, 0.15) is 11.9 Å². The average Bonchev–Trinajstić information content (AvgIpc) is 2.38. The summed E-state index contributed by atoms with van der Waals surface area (Å²) in [6.07, 6.45) is 4.25. The molecule has 0 aliphatic heterocycles. The first kappa shape index (κ1) is 16.7. The van der Waals surface area contributed by atoms with Crippen LogP contribution in [0.2, 0.25) is 0 Å². The highest BCUT2D eigenvalue weighted by atomic mass is 79.9. The molecule has 1 fully saturated rings. The van der Waals surface area contributed by atoms with E-state index in [0.717, 1.165) is 44.2 Å². The number of hydrogen-bond donors (Lipinski definition) is 0. The number of carbonyl (C=O) groups excluding carboxylic acids is 1. The van der Waals surface area contributed by atoms with Crippen molar-refractivity contribution in [2.45, 2.75) is 43.1 Å². The van der Waals surface area contributed by atoms with Gasteiger partial charge in [0, 0.05) is 15.2 Å². The second-order valence-corrected chi connectivity index (χ2v) is 8.25. The average molecular weight is 400 g/mol. The summed E-state index contributed by atoms with van der Waals surface area (Å²) in [5, 5.41) is 0. The lowest BCUT2D eigenvalue weighted by molar-refractivity contribution is 0.0206. The Hall–Kier alpha value is -0.660. The Labute approximate surface area is 135 Å². The molecule has 0 radical (unpaired) electrons. The van der Waals surface area contributed by atoms with Crippen LogP contribution >= 0.6 is 26.6 Å². The van der Waals surface area contributed by atoms with Gasteiger partial charge in [-0.05, 0) is 53.7 Å². The lowest BCUT2D eigenvalue weighted by atomic mass is 9.98. The van der Waals surface area contributed by atoms with Crippen molar-refractivity contribution in [1.29, 1.82) is 0 Å². The lowest BCUT2D eigenvalue weighted by Gasteiger charge is -2.22. The molecule has 0 aromatic heterocycles. The van der Waals surface area contributed by atoms with Crippen LogP contribution in [0, 0.1) is 5.82 Å². The van der Waals surface area contributed by atoms with Gasteiger partial charge >= 0.3 is 5.97 Å². The first-order valence-corrected chi connectivity index (χ1v) is 9.54. The minimum Gasteiger partial charge on any atom is -0.459 e. The van der Waals surface area contributed by atoms with Gasteiger partial charge in [0.25, 0.3) is 9.05 Å². The van der Waals surface area contributed by atoms with Crippen molar-refractivity contribution in [3.63, 3.8) is 0 Å². The molecule has 1 aliphatic carbocycles. The van der Waals surface area contributed by atoms with Gasteiger partial charge in [-0.25, -0.2) is 17.6 Å². The highest BCUT2D eigenvalue weighted by molar-refractivity contribution is 9.10. The van der Waals surface area contributed by atoms with Crippen LogP contribution in [-0.2, 0) is 13.8 Å². The van der Waals surface area contributed by atoms with Crippen LogP contribution in [0.25, 0.3) is 0 Å². The van der Waals surface area contributed by atoms with Gasteiger partial charge in [0.2, 0.25) is 0 Å². The largest absolute Gasteiger partial charge is 0.459 e. The van der Waals surface area contributed by atoms with Crippen molar-refractivity contribution in [2.24, 2.45) is 0 Å². The highest BCUT2D eigenvalue weighted by Crippen LogP contribution is 2.29. The van der Waals surface area contributed by atoms with Crippen molar-refractivity contribution in [2.75, 3.05) is 0 Å². The third kappa shape index (κ3) is 4.17. The molecule has 0 saturated heterocycles. The normalized spacial score (nSPS) is 16.7. The number of halogens is 3. The van der Waals surface area contributed by atoms with E-state index in [9.17, 15) is 17.6 Å². The SMILES string of the molecule is O=C(OC1CCCCC1)c1cc(S(=O)(=O)Cl)c(Br)cc1F. The number of benzene rings is 1. The van der Waals surface area contributed by atoms with E-state index in [1.165, 1.54) is 0 Å². The summed E-state index contributed by atoms with van der Waals surface area (Å²) in [4.78, 5) is 11.6. The fraction of sp³-hybridized carbons (Fsp3) is 0.462. The summed E-state index contributed by atoms with van der Waals surface area (Å²) in [6, 6.07) is 1.79. The Morgan fingerprint density at radius 3 is 2.48 bits per heavy atom. The van der Waals surface area contributed by atoms with Crippen molar-refractivity contribution < 1.29 is 22.3 Å².